The lowest BCUT2D eigenvalue weighted by Crippen LogP contribution is -2.03. The summed E-state index contributed by atoms with van der Waals surface area (Å²) in [5, 5.41) is 20.3. The molecule has 0 saturated carbocycles. The van der Waals surface area contributed by atoms with E-state index in [2.05, 4.69) is 0 Å². The van der Waals surface area contributed by atoms with E-state index in [4.69, 9.17) is 12.2 Å². The number of benzene rings is 1. The zero-order chi connectivity index (χ0) is 15.1. The Hall–Kier alpha value is -1.66. The molecule has 0 fully saturated rings. The summed E-state index contributed by atoms with van der Waals surface area (Å²) in [4.78, 5) is 10.2. The Morgan fingerprint density at radius 1 is 1.67 bits per heavy atom. The van der Waals surface area contributed by atoms with Gasteiger partial charge in [-0.05, 0) is 19.1 Å². The summed E-state index contributed by atoms with van der Waals surface area (Å²) in [7, 11) is -1.31. The van der Waals surface area contributed by atoms with E-state index in [9.17, 15) is 15.2 Å². The Bertz CT molecular complexity index is 453. The molecule has 1 aromatic carbocycles. The van der Waals surface area contributed by atoms with Crippen LogP contribution in [0.25, 0.3) is 0 Å². The van der Waals surface area contributed by atoms with Gasteiger partial charge in [0.2, 0.25) is 0 Å². The molecule has 0 amide bonds. The number of hydrogen-bond acceptors (Lipinski definition) is 5. The molecule has 2 unspecified atom stereocenters. The summed E-state index contributed by atoms with van der Waals surface area (Å²) in [6.45, 7) is 1.97. The highest BCUT2D eigenvalue weighted by Gasteiger charge is 2.18. The smallest absolute Gasteiger partial charge is 0.275 e. The first-order valence-corrected chi connectivity index (χ1v) is 5.47. The third-order valence-corrected chi connectivity index (χ3v) is 2.32. The second kappa shape index (κ2) is 6.93. The fraction of sp³-hybridized carbons (Fsp3) is 0.500. The number of nitrogens with zero attached hydrogens (tertiary/aromatic N) is 1. The molecule has 0 aliphatic rings. The Kier molecular flexibility index (Phi) is 4.40. The van der Waals surface area contributed by atoms with Crippen molar-refractivity contribution in [3.8, 4) is 5.75 Å². The number of rotatable bonds is 7. The molecule has 0 aliphatic carbocycles. The number of aliphatic hydroxyl groups excluding tert-OH is 1. The quantitative estimate of drug-likeness (QED) is 0.460. The molecule has 0 aliphatic heterocycles. The molecule has 6 nitrogen and oxygen atoms in total. The monoisotopic (exact) mass is 258 g/mol. The maximum atomic E-state index is 10.8. The van der Waals surface area contributed by atoms with Crippen LogP contribution in [-0.4, -0.2) is 30.3 Å². The summed E-state index contributed by atoms with van der Waals surface area (Å²) >= 11 is 0. The van der Waals surface area contributed by atoms with Crippen LogP contribution in [0, 0.1) is 10.1 Å². The van der Waals surface area contributed by atoms with Gasteiger partial charge in [-0.3, -0.25) is 10.1 Å². The molecule has 1 N–H and O–H groups in total. The number of nitro groups is 1. The van der Waals surface area contributed by atoms with E-state index in [0.717, 1.165) is 0 Å². The number of ether oxygens (including phenoxy) is 2. The third kappa shape index (κ3) is 3.97. The van der Waals surface area contributed by atoms with Gasteiger partial charge in [0.1, 0.15) is 5.75 Å². The molecule has 18 heavy (non-hydrogen) atoms. The Labute approximate surface area is 108 Å². The number of nitro benzene ring substituents is 1. The molecule has 0 heterocycles. The zero-order valence-corrected chi connectivity index (χ0v) is 10.0. The molecule has 0 aromatic heterocycles. The largest absolute Gasteiger partial charge is 0.493 e. The average Bonchev–Trinajstić information content (AvgIpc) is 2.37. The van der Waals surface area contributed by atoms with Crippen molar-refractivity contribution in [2.45, 2.75) is 19.4 Å². The van der Waals surface area contributed by atoms with Gasteiger partial charge in [0.05, 0.1) is 25.9 Å². The molecule has 6 heteroatoms. The normalized spacial score (nSPS) is 15.4. The number of aliphatic hydroxyl groups is 1. The molecule has 1 rings (SSSR count). The van der Waals surface area contributed by atoms with Gasteiger partial charge in [-0.25, -0.2) is 0 Å². The van der Waals surface area contributed by atoms with Crippen LogP contribution in [0.3, 0.4) is 0 Å². The summed E-state index contributed by atoms with van der Waals surface area (Å²) in [5.41, 5.74) is 0.0445. The highest BCUT2D eigenvalue weighted by Crippen LogP contribution is 2.29. The lowest BCUT2D eigenvalue weighted by Gasteiger charge is -2.10. The van der Waals surface area contributed by atoms with Crippen LogP contribution >= 0.6 is 0 Å². The SMILES string of the molecule is [2H]C([3H])OCCCOc1ccc([N+](=O)[O-])c(C(C)O)c1. The number of methoxy groups -OCH3 is 1. The minimum Gasteiger partial charge on any atom is -0.493 e. The van der Waals surface area contributed by atoms with Crippen LogP contribution in [-0.2, 0) is 4.74 Å². The highest BCUT2D eigenvalue weighted by atomic mass is 16.6. The predicted molar refractivity (Wildman–Crippen MR) is 65.7 cm³/mol. The van der Waals surface area contributed by atoms with Gasteiger partial charge in [0.25, 0.3) is 5.69 Å². The van der Waals surface area contributed by atoms with E-state index < -0.39 is 18.1 Å². The zero-order valence-electron chi connectivity index (χ0n) is 12.0. The molecule has 0 radical (unpaired) electrons. The minimum absolute atomic E-state index is 0.151. The van der Waals surface area contributed by atoms with Crippen molar-refractivity contribution in [2.24, 2.45) is 0 Å². The molecule has 2 atom stereocenters. The molecule has 100 valence electrons. The van der Waals surface area contributed by atoms with Crippen LogP contribution in [0.4, 0.5) is 5.69 Å². The standard InChI is InChI=1S/C12H17NO5/c1-9(14)11-8-10(18-7-3-6-17-2)4-5-12(11)13(15)16/h4-5,8-9,14H,3,6-7H2,1-2H3/i2TD. The maximum Gasteiger partial charge on any atom is 0.275 e. The van der Waals surface area contributed by atoms with Gasteiger partial charge in [0, 0.05) is 26.2 Å². The lowest BCUT2D eigenvalue weighted by molar-refractivity contribution is -0.386. The molecular weight excluding hydrogens is 238 g/mol. The second-order valence-corrected chi connectivity index (χ2v) is 3.73. The van der Waals surface area contributed by atoms with E-state index in [1.54, 1.807) is 0 Å². The van der Waals surface area contributed by atoms with Gasteiger partial charge in [-0.15, -0.1) is 0 Å². The van der Waals surface area contributed by atoms with Crippen LogP contribution in [0.1, 0.15) is 27.8 Å². The van der Waals surface area contributed by atoms with Gasteiger partial charge in [-0.2, -0.15) is 0 Å². The van der Waals surface area contributed by atoms with Crippen molar-refractivity contribution >= 4 is 5.69 Å². The minimum atomic E-state index is -1.31. The van der Waals surface area contributed by atoms with Crippen LogP contribution < -0.4 is 4.74 Å². The topological polar surface area (TPSA) is 81.8 Å². The average molecular weight is 258 g/mol. The van der Waals surface area contributed by atoms with Gasteiger partial charge in [0.15, 0.2) is 0 Å². The summed E-state index contributed by atoms with van der Waals surface area (Å²) in [6, 6.07) is 4.18. The van der Waals surface area contributed by atoms with E-state index in [0.29, 0.717) is 18.8 Å². The summed E-state index contributed by atoms with van der Waals surface area (Å²) in [6.07, 6.45) is -0.468. The fourth-order valence-electron chi connectivity index (χ4n) is 1.46. The first-order chi connectivity index (χ1) is 9.41. The highest BCUT2D eigenvalue weighted by molar-refractivity contribution is 5.46. The predicted octanol–water partition coefficient (Wildman–Crippen LogP) is 2.06. The van der Waals surface area contributed by atoms with E-state index >= 15 is 0 Å². The Morgan fingerprint density at radius 3 is 3.06 bits per heavy atom. The van der Waals surface area contributed by atoms with Crippen molar-refractivity contribution in [3.05, 3.63) is 33.9 Å². The van der Waals surface area contributed by atoms with Gasteiger partial charge < -0.3 is 14.6 Å². The Balaban J connectivity index is 2.59. The van der Waals surface area contributed by atoms with Crippen LogP contribution in [0.15, 0.2) is 18.2 Å². The van der Waals surface area contributed by atoms with Crippen LogP contribution in [0.5, 0.6) is 5.75 Å². The number of hydrogen-bond donors (Lipinski definition) is 1. The van der Waals surface area contributed by atoms with Crippen molar-refractivity contribution in [3.63, 3.8) is 0 Å². The van der Waals surface area contributed by atoms with Crippen molar-refractivity contribution in [2.75, 3.05) is 20.3 Å². The van der Waals surface area contributed by atoms with Crippen molar-refractivity contribution < 1.29 is 22.2 Å². The molecular formula is C12H17NO5. The van der Waals surface area contributed by atoms with Crippen molar-refractivity contribution in [1.29, 1.82) is 0 Å². The van der Waals surface area contributed by atoms with Crippen molar-refractivity contribution in [1.82, 2.24) is 0 Å². The lowest BCUT2D eigenvalue weighted by atomic mass is 10.1. The molecule has 0 spiro atoms. The van der Waals surface area contributed by atoms with Crippen LogP contribution in [0.2, 0.25) is 0 Å². The first kappa shape index (κ1) is 11.4. The summed E-state index contributed by atoms with van der Waals surface area (Å²) < 4.78 is 23.8. The van der Waals surface area contributed by atoms with Gasteiger partial charge >= 0.3 is 0 Å². The molecule has 0 bridgehead atoms. The fourth-order valence-corrected chi connectivity index (χ4v) is 1.46. The van der Waals surface area contributed by atoms with E-state index in [1.165, 1.54) is 25.1 Å². The third-order valence-electron chi connectivity index (χ3n) is 2.32. The summed E-state index contributed by atoms with van der Waals surface area (Å²) in [5.74, 6) is 0.416. The molecule has 1 aromatic rings. The molecule has 0 saturated heterocycles. The second-order valence-electron chi connectivity index (χ2n) is 3.73. The van der Waals surface area contributed by atoms with E-state index in [1.807, 2.05) is 0 Å². The maximum absolute atomic E-state index is 10.8. The first-order valence-electron chi connectivity index (χ1n) is 6.62. The van der Waals surface area contributed by atoms with E-state index in [-0.39, 0.29) is 17.9 Å². The Morgan fingerprint density at radius 2 is 2.44 bits per heavy atom. The van der Waals surface area contributed by atoms with Gasteiger partial charge in [-0.1, -0.05) is 0 Å².